The molecule has 2 N–H and O–H groups in total. The molecule has 0 aliphatic heterocycles. The van der Waals surface area contributed by atoms with Gasteiger partial charge < -0.3 is 0 Å². The number of aromatic nitrogens is 3. The zero-order valence-electron chi connectivity index (χ0n) is 8.83. The average molecular weight is 217 g/mol. The lowest BCUT2D eigenvalue weighted by Crippen LogP contribution is -2.23. The molecule has 0 bridgehead atoms. The Morgan fingerprint density at radius 3 is 2.88 bits per heavy atom. The van der Waals surface area contributed by atoms with Gasteiger partial charge in [0.05, 0.1) is 5.39 Å². The van der Waals surface area contributed by atoms with Crippen molar-refractivity contribution in [3.63, 3.8) is 0 Å². The molecule has 0 aliphatic rings. The minimum absolute atomic E-state index is 0.325. The molecular formula is C11H11N3O2. The molecule has 2 aromatic heterocycles. The van der Waals surface area contributed by atoms with Gasteiger partial charge in [-0.2, -0.15) is 0 Å². The van der Waals surface area contributed by atoms with E-state index in [1.807, 2.05) is 13.0 Å². The number of aryl methyl sites for hydroxylation is 1. The first-order chi connectivity index (χ1) is 7.61. The van der Waals surface area contributed by atoms with Crippen molar-refractivity contribution in [3.8, 4) is 0 Å². The number of aromatic amines is 2. The molecule has 0 fully saturated rings. The molecule has 0 unspecified atom stereocenters. The van der Waals surface area contributed by atoms with E-state index in [1.54, 1.807) is 6.08 Å². The number of H-pyrrole nitrogens is 2. The molecule has 0 radical (unpaired) electrons. The van der Waals surface area contributed by atoms with Crippen molar-refractivity contribution in [1.82, 2.24) is 15.0 Å². The second kappa shape index (κ2) is 3.77. The minimum Gasteiger partial charge on any atom is -0.291 e. The first-order valence-electron chi connectivity index (χ1n) is 4.85. The Morgan fingerprint density at radius 1 is 1.44 bits per heavy atom. The second-order valence-corrected chi connectivity index (χ2v) is 3.55. The summed E-state index contributed by atoms with van der Waals surface area (Å²) in [6, 6.07) is 1.82. The first kappa shape index (κ1) is 10.4. The van der Waals surface area contributed by atoms with Gasteiger partial charge in [-0.15, -0.1) is 6.58 Å². The molecular weight excluding hydrogens is 206 g/mol. The molecule has 16 heavy (non-hydrogen) atoms. The molecule has 0 aliphatic carbocycles. The maximum Gasteiger partial charge on any atom is 0.327 e. The van der Waals surface area contributed by atoms with Crippen LogP contribution in [0.15, 0.2) is 28.3 Å². The Kier molecular flexibility index (Phi) is 2.44. The Balaban J connectivity index is 2.95. The van der Waals surface area contributed by atoms with Crippen molar-refractivity contribution < 1.29 is 0 Å². The Hall–Kier alpha value is -2.17. The van der Waals surface area contributed by atoms with Crippen molar-refractivity contribution in [2.45, 2.75) is 13.3 Å². The van der Waals surface area contributed by atoms with Crippen LogP contribution in [0.5, 0.6) is 0 Å². The fourth-order valence-corrected chi connectivity index (χ4v) is 1.71. The van der Waals surface area contributed by atoms with Crippen molar-refractivity contribution in [2.24, 2.45) is 0 Å². The largest absolute Gasteiger partial charge is 0.327 e. The quantitative estimate of drug-likeness (QED) is 0.725. The van der Waals surface area contributed by atoms with Gasteiger partial charge in [-0.1, -0.05) is 6.08 Å². The number of nitrogens with one attached hydrogen (secondary N) is 2. The zero-order valence-corrected chi connectivity index (χ0v) is 8.83. The molecule has 0 atom stereocenters. The fraction of sp³-hybridized carbons (Fsp3) is 0.182. The van der Waals surface area contributed by atoms with Crippen molar-refractivity contribution >= 4 is 11.0 Å². The molecule has 5 heteroatoms. The maximum absolute atomic E-state index is 11.7. The van der Waals surface area contributed by atoms with Crippen LogP contribution < -0.4 is 11.2 Å². The smallest absolute Gasteiger partial charge is 0.291 e. The summed E-state index contributed by atoms with van der Waals surface area (Å²) in [6.07, 6.45) is 2.27. The number of rotatable bonds is 2. The van der Waals surface area contributed by atoms with Crippen LogP contribution in [0.2, 0.25) is 0 Å². The average Bonchev–Trinajstić information content (AvgIpc) is 2.15. The second-order valence-electron chi connectivity index (χ2n) is 3.55. The monoisotopic (exact) mass is 217 g/mol. The van der Waals surface area contributed by atoms with Gasteiger partial charge in [-0.3, -0.25) is 14.8 Å². The van der Waals surface area contributed by atoms with Crippen LogP contribution in [0.4, 0.5) is 0 Å². The van der Waals surface area contributed by atoms with Crippen LogP contribution in [0.3, 0.4) is 0 Å². The molecule has 82 valence electrons. The molecule has 2 heterocycles. The Bertz CT molecular complexity index is 667. The summed E-state index contributed by atoms with van der Waals surface area (Å²) >= 11 is 0. The maximum atomic E-state index is 11.7. The number of hydrogen-bond donors (Lipinski definition) is 2. The van der Waals surface area contributed by atoms with E-state index in [0.717, 1.165) is 11.3 Å². The van der Waals surface area contributed by atoms with Crippen LogP contribution in [-0.4, -0.2) is 15.0 Å². The van der Waals surface area contributed by atoms with Crippen molar-refractivity contribution in [3.05, 3.63) is 50.8 Å². The third-order valence-electron chi connectivity index (χ3n) is 2.28. The summed E-state index contributed by atoms with van der Waals surface area (Å²) in [5.74, 6) is 0. The number of pyridine rings is 1. The summed E-state index contributed by atoms with van der Waals surface area (Å²) in [5.41, 5.74) is 0.939. The molecule has 2 aromatic rings. The van der Waals surface area contributed by atoms with E-state index >= 15 is 0 Å². The zero-order chi connectivity index (χ0) is 11.7. The van der Waals surface area contributed by atoms with Crippen LogP contribution in [-0.2, 0) is 6.42 Å². The Labute approximate surface area is 90.9 Å². The summed E-state index contributed by atoms with van der Waals surface area (Å²) in [5, 5.41) is 0.421. The summed E-state index contributed by atoms with van der Waals surface area (Å²) in [6.45, 7) is 5.45. The van der Waals surface area contributed by atoms with Gasteiger partial charge in [0.25, 0.3) is 5.56 Å². The molecule has 5 nitrogen and oxygen atoms in total. The lowest BCUT2D eigenvalue weighted by molar-refractivity contribution is 1.04. The van der Waals surface area contributed by atoms with Crippen LogP contribution in [0, 0.1) is 6.92 Å². The molecule has 0 aromatic carbocycles. The van der Waals surface area contributed by atoms with E-state index in [2.05, 4.69) is 21.5 Å². The van der Waals surface area contributed by atoms with Gasteiger partial charge in [0.2, 0.25) is 0 Å². The van der Waals surface area contributed by atoms with Gasteiger partial charge in [-0.25, -0.2) is 9.78 Å². The molecule has 0 saturated heterocycles. The third kappa shape index (κ3) is 1.67. The van der Waals surface area contributed by atoms with Gasteiger partial charge >= 0.3 is 5.69 Å². The predicted molar refractivity (Wildman–Crippen MR) is 61.6 cm³/mol. The van der Waals surface area contributed by atoms with Gasteiger partial charge in [-0.05, 0) is 25.0 Å². The fourth-order valence-electron chi connectivity index (χ4n) is 1.71. The molecule has 2 rings (SSSR count). The highest BCUT2D eigenvalue weighted by Gasteiger charge is 2.07. The topological polar surface area (TPSA) is 78.6 Å². The highest BCUT2D eigenvalue weighted by Crippen LogP contribution is 2.12. The van der Waals surface area contributed by atoms with Gasteiger partial charge in [0.1, 0.15) is 5.65 Å². The first-order valence-corrected chi connectivity index (χ1v) is 4.85. The molecule has 0 saturated carbocycles. The SMILES string of the molecule is C=CCc1cc(C)nc2[nH]c(=O)[nH]c(=O)c12. The van der Waals surface area contributed by atoms with Crippen molar-refractivity contribution in [2.75, 3.05) is 0 Å². The lowest BCUT2D eigenvalue weighted by atomic mass is 10.1. The highest BCUT2D eigenvalue weighted by atomic mass is 16.2. The van der Waals surface area contributed by atoms with E-state index < -0.39 is 11.2 Å². The molecule has 0 amide bonds. The lowest BCUT2D eigenvalue weighted by Gasteiger charge is -2.03. The number of hydrogen-bond acceptors (Lipinski definition) is 3. The summed E-state index contributed by atoms with van der Waals surface area (Å²) in [7, 11) is 0. The van der Waals surface area contributed by atoms with E-state index in [4.69, 9.17) is 0 Å². The summed E-state index contributed by atoms with van der Waals surface area (Å²) in [4.78, 5) is 31.6. The summed E-state index contributed by atoms with van der Waals surface area (Å²) < 4.78 is 0. The van der Waals surface area contributed by atoms with Gasteiger partial charge in [0, 0.05) is 5.69 Å². The van der Waals surface area contributed by atoms with E-state index in [-0.39, 0.29) is 0 Å². The Morgan fingerprint density at radius 2 is 2.19 bits per heavy atom. The predicted octanol–water partition coefficient (Wildman–Crippen LogP) is 0.648. The molecule has 0 spiro atoms. The highest BCUT2D eigenvalue weighted by molar-refractivity contribution is 5.77. The number of fused-ring (bicyclic) bond motifs is 1. The van der Waals surface area contributed by atoms with Crippen LogP contribution in [0.25, 0.3) is 11.0 Å². The third-order valence-corrected chi connectivity index (χ3v) is 2.28. The number of nitrogens with zero attached hydrogens (tertiary/aromatic N) is 1. The van der Waals surface area contributed by atoms with Crippen LogP contribution >= 0.6 is 0 Å². The number of allylic oxidation sites excluding steroid dienone is 1. The minimum atomic E-state index is -0.542. The van der Waals surface area contributed by atoms with E-state index in [1.165, 1.54) is 0 Å². The normalized spacial score (nSPS) is 10.6. The van der Waals surface area contributed by atoms with E-state index in [0.29, 0.717) is 17.5 Å². The van der Waals surface area contributed by atoms with Crippen molar-refractivity contribution in [1.29, 1.82) is 0 Å². The van der Waals surface area contributed by atoms with Crippen LogP contribution in [0.1, 0.15) is 11.3 Å². The van der Waals surface area contributed by atoms with Gasteiger partial charge in [0.15, 0.2) is 0 Å². The van der Waals surface area contributed by atoms with E-state index in [9.17, 15) is 9.59 Å². The standard InChI is InChI=1S/C11H11N3O2/c1-3-4-7-5-6(2)12-9-8(7)10(15)14-11(16)13-9/h3,5H,1,4H2,2H3,(H2,12,13,14,15,16).